The Morgan fingerprint density at radius 3 is 2.72 bits per heavy atom. The van der Waals surface area contributed by atoms with Crippen molar-refractivity contribution >= 4 is 16.6 Å². The lowest BCUT2D eigenvalue weighted by atomic mass is 10.0. The average Bonchev–Trinajstić information content (AvgIpc) is 3.05. The summed E-state index contributed by atoms with van der Waals surface area (Å²) in [6.45, 7) is 0.461. The third kappa shape index (κ3) is 2.82. The molecule has 1 aromatic carbocycles. The van der Waals surface area contributed by atoms with E-state index < -0.39 is 0 Å². The average molecular weight is 333 g/mol. The van der Waals surface area contributed by atoms with Gasteiger partial charge in [-0.15, -0.1) is 0 Å². The van der Waals surface area contributed by atoms with Crippen LogP contribution in [-0.2, 0) is 13.6 Å². The number of pyridine rings is 2. The number of imidazole rings is 1. The molecule has 0 spiro atoms. The molecule has 0 fully saturated rings. The van der Waals surface area contributed by atoms with E-state index in [1.807, 2.05) is 42.1 Å². The van der Waals surface area contributed by atoms with Crippen molar-refractivity contribution in [3.05, 3.63) is 72.8 Å². The summed E-state index contributed by atoms with van der Waals surface area (Å²) in [6.07, 6.45) is 7.04. The predicted molar refractivity (Wildman–Crippen MR) is 95.5 cm³/mol. The normalized spacial score (nSPS) is 11.0. The van der Waals surface area contributed by atoms with Gasteiger partial charge in [0.2, 0.25) is 0 Å². The number of nitrogens with one attached hydrogen (secondary N) is 1. The van der Waals surface area contributed by atoms with E-state index in [0.29, 0.717) is 17.7 Å². The summed E-state index contributed by atoms with van der Waals surface area (Å²) < 4.78 is 16.5. The van der Waals surface area contributed by atoms with Crippen LogP contribution in [0.1, 0.15) is 5.82 Å². The molecule has 0 saturated heterocycles. The minimum atomic E-state index is -0.315. The summed E-state index contributed by atoms with van der Waals surface area (Å²) in [4.78, 5) is 13.1. The molecule has 0 aliphatic heterocycles. The van der Waals surface area contributed by atoms with Crippen LogP contribution < -0.4 is 5.32 Å². The minimum Gasteiger partial charge on any atom is -0.362 e. The summed E-state index contributed by atoms with van der Waals surface area (Å²) in [7, 11) is 1.92. The van der Waals surface area contributed by atoms with Crippen LogP contribution >= 0.6 is 0 Å². The van der Waals surface area contributed by atoms with E-state index in [0.717, 1.165) is 22.5 Å². The Morgan fingerprint density at radius 2 is 1.96 bits per heavy atom. The van der Waals surface area contributed by atoms with Gasteiger partial charge in [0.25, 0.3) is 0 Å². The van der Waals surface area contributed by atoms with Gasteiger partial charge in [0.15, 0.2) is 0 Å². The molecule has 0 atom stereocenters. The highest BCUT2D eigenvalue weighted by molar-refractivity contribution is 6.01. The number of rotatable bonds is 4. The largest absolute Gasteiger partial charge is 0.362 e. The summed E-state index contributed by atoms with van der Waals surface area (Å²) in [6, 6.07) is 10.7. The third-order valence-corrected chi connectivity index (χ3v) is 4.14. The number of nitrogens with zero attached hydrogens (tertiary/aromatic N) is 4. The summed E-state index contributed by atoms with van der Waals surface area (Å²) in [5.74, 6) is 1.03. The van der Waals surface area contributed by atoms with Gasteiger partial charge >= 0.3 is 0 Å². The maximum Gasteiger partial charge on any atom is 0.137 e. The molecule has 4 rings (SSSR count). The van der Waals surface area contributed by atoms with Gasteiger partial charge in [-0.2, -0.15) is 0 Å². The Morgan fingerprint density at radius 1 is 1.04 bits per heavy atom. The van der Waals surface area contributed by atoms with Crippen LogP contribution in [0.4, 0.5) is 10.2 Å². The molecule has 0 aliphatic rings. The fourth-order valence-electron chi connectivity index (χ4n) is 2.84. The first-order chi connectivity index (χ1) is 12.2. The molecule has 124 valence electrons. The van der Waals surface area contributed by atoms with Crippen molar-refractivity contribution in [2.24, 2.45) is 7.05 Å². The zero-order valence-corrected chi connectivity index (χ0v) is 13.6. The van der Waals surface area contributed by atoms with Gasteiger partial charge in [-0.1, -0.05) is 18.2 Å². The molecule has 0 radical (unpaired) electrons. The van der Waals surface area contributed by atoms with Crippen LogP contribution in [-0.4, -0.2) is 19.5 Å². The van der Waals surface area contributed by atoms with Gasteiger partial charge in [0.05, 0.1) is 17.6 Å². The van der Waals surface area contributed by atoms with E-state index in [1.165, 1.54) is 6.07 Å². The van der Waals surface area contributed by atoms with Crippen LogP contribution in [0.5, 0.6) is 0 Å². The fourth-order valence-corrected chi connectivity index (χ4v) is 2.84. The van der Waals surface area contributed by atoms with Crippen molar-refractivity contribution in [2.75, 3.05) is 5.32 Å². The first-order valence-corrected chi connectivity index (χ1v) is 7.93. The highest BCUT2D eigenvalue weighted by Gasteiger charge is 2.14. The molecule has 0 unspecified atom stereocenters. The van der Waals surface area contributed by atoms with E-state index in [1.54, 1.807) is 24.7 Å². The second-order valence-electron chi connectivity index (χ2n) is 5.71. The molecule has 0 amide bonds. The lowest BCUT2D eigenvalue weighted by molar-refractivity contribution is 0.639. The van der Waals surface area contributed by atoms with E-state index in [-0.39, 0.29) is 5.82 Å². The van der Waals surface area contributed by atoms with Crippen LogP contribution in [0.2, 0.25) is 0 Å². The number of fused-ring (bicyclic) bond motifs is 1. The number of aryl methyl sites for hydroxylation is 1. The minimum absolute atomic E-state index is 0.315. The van der Waals surface area contributed by atoms with Crippen molar-refractivity contribution in [1.82, 2.24) is 19.5 Å². The van der Waals surface area contributed by atoms with E-state index in [2.05, 4.69) is 20.3 Å². The van der Waals surface area contributed by atoms with Gasteiger partial charge in [-0.05, 0) is 23.6 Å². The Balaban J connectivity index is 1.80. The predicted octanol–water partition coefficient (Wildman–Crippen LogP) is 3.78. The Kier molecular flexibility index (Phi) is 3.85. The van der Waals surface area contributed by atoms with E-state index >= 15 is 0 Å². The van der Waals surface area contributed by atoms with Crippen LogP contribution in [0.15, 0.2) is 61.2 Å². The zero-order valence-electron chi connectivity index (χ0n) is 13.6. The van der Waals surface area contributed by atoms with Gasteiger partial charge in [0.1, 0.15) is 17.5 Å². The van der Waals surface area contributed by atoms with Gasteiger partial charge < -0.3 is 9.88 Å². The second-order valence-corrected chi connectivity index (χ2v) is 5.71. The second kappa shape index (κ2) is 6.32. The molecule has 0 bridgehead atoms. The van der Waals surface area contributed by atoms with Gasteiger partial charge in [-0.25, -0.2) is 14.4 Å². The SMILES string of the molecule is Cn1ccnc1CNc1ncc(-c2ccccn2)c2cccc(F)c12. The number of aromatic nitrogens is 4. The standard InChI is InChI=1S/C19H16FN5/c1-25-10-9-22-17(25)12-24-19-18-13(5-4-6-15(18)20)14(11-23-19)16-7-2-3-8-21-16/h2-11H,12H2,1H3,(H,23,24). The first-order valence-electron chi connectivity index (χ1n) is 7.93. The van der Waals surface area contributed by atoms with Crippen LogP contribution in [0.25, 0.3) is 22.0 Å². The lowest BCUT2D eigenvalue weighted by Crippen LogP contribution is -2.07. The molecular formula is C19H16FN5. The molecule has 4 aromatic rings. The van der Waals surface area contributed by atoms with Gasteiger partial charge in [0, 0.05) is 37.4 Å². The number of hydrogen-bond donors (Lipinski definition) is 1. The maximum absolute atomic E-state index is 14.6. The number of hydrogen-bond acceptors (Lipinski definition) is 4. The van der Waals surface area contributed by atoms with Crippen LogP contribution in [0.3, 0.4) is 0 Å². The maximum atomic E-state index is 14.6. The quantitative estimate of drug-likeness (QED) is 0.617. The van der Waals surface area contributed by atoms with Crippen molar-refractivity contribution < 1.29 is 4.39 Å². The lowest BCUT2D eigenvalue weighted by Gasteiger charge is -2.12. The zero-order chi connectivity index (χ0) is 17.2. The molecule has 0 aliphatic carbocycles. The molecule has 25 heavy (non-hydrogen) atoms. The Bertz CT molecular complexity index is 1030. The molecule has 5 nitrogen and oxygen atoms in total. The molecule has 1 N–H and O–H groups in total. The smallest absolute Gasteiger partial charge is 0.137 e. The number of halogens is 1. The highest BCUT2D eigenvalue weighted by Crippen LogP contribution is 2.32. The molecule has 6 heteroatoms. The Hall–Kier alpha value is -3.28. The summed E-state index contributed by atoms with van der Waals surface area (Å²) in [5, 5.41) is 4.43. The van der Waals surface area contributed by atoms with Crippen LogP contribution in [0, 0.1) is 5.82 Å². The highest BCUT2D eigenvalue weighted by atomic mass is 19.1. The van der Waals surface area contributed by atoms with Crippen molar-refractivity contribution in [3.63, 3.8) is 0 Å². The Labute approximate surface area is 144 Å². The van der Waals surface area contributed by atoms with E-state index in [4.69, 9.17) is 0 Å². The summed E-state index contributed by atoms with van der Waals surface area (Å²) >= 11 is 0. The fraction of sp³-hybridized carbons (Fsp3) is 0.105. The first kappa shape index (κ1) is 15.3. The topological polar surface area (TPSA) is 55.6 Å². The van der Waals surface area contributed by atoms with Crippen molar-refractivity contribution in [3.8, 4) is 11.3 Å². The monoisotopic (exact) mass is 333 g/mol. The van der Waals surface area contributed by atoms with Crippen molar-refractivity contribution in [1.29, 1.82) is 0 Å². The van der Waals surface area contributed by atoms with Crippen molar-refractivity contribution in [2.45, 2.75) is 6.54 Å². The van der Waals surface area contributed by atoms with Gasteiger partial charge in [-0.3, -0.25) is 4.98 Å². The summed E-state index contributed by atoms with van der Waals surface area (Å²) in [5.41, 5.74) is 1.57. The molecule has 3 aromatic heterocycles. The molecule has 0 saturated carbocycles. The third-order valence-electron chi connectivity index (χ3n) is 4.14. The number of benzene rings is 1. The number of anilines is 1. The molecule has 3 heterocycles. The van der Waals surface area contributed by atoms with E-state index in [9.17, 15) is 4.39 Å². The molecular weight excluding hydrogens is 317 g/mol.